The Hall–Kier alpha value is 0.0931. The molecule has 2 aliphatic carbocycles. The number of halogens is 1. The van der Waals surface area contributed by atoms with E-state index in [4.69, 9.17) is 0 Å². The van der Waals surface area contributed by atoms with Crippen LogP contribution in [0, 0.1) is 0 Å². The molecule has 0 radical (unpaired) electrons. The summed E-state index contributed by atoms with van der Waals surface area (Å²) in [6.45, 7) is 8.47. The van der Waals surface area contributed by atoms with Gasteiger partial charge in [-0.3, -0.25) is 0 Å². The molecule has 2 aliphatic rings. The zero-order valence-electron chi connectivity index (χ0n) is 11.5. The number of rotatable bonds is 2. The predicted molar refractivity (Wildman–Crippen MR) is 68.2 cm³/mol. The molecule has 0 saturated carbocycles. The maximum Gasteiger partial charge on any atom is 0.0978 e. The standard InChI is InChI=1S/C15H20O.ClH.Zr/c1-9-5-7-13(11(9)3)15(16)14-8-6-10(2)12(14)4;;/h5-6,15-16H,7-8H2,1-4H3;1H;/p-1. The van der Waals surface area contributed by atoms with Crippen molar-refractivity contribution in [2.24, 2.45) is 0 Å². The van der Waals surface area contributed by atoms with E-state index in [0.717, 1.165) is 12.8 Å². The maximum absolute atomic E-state index is 10.4. The predicted octanol–water partition coefficient (Wildman–Crippen LogP) is 0.682. The molecule has 0 bridgehead atoms. The molecule has 0 amide bonds. The van der Waals surface area contributed by atoms with E-state index in [-0.39, 0.29) is 44.7 Å². The molecule has 0 atom stereocenters. The van der Waals surface area contributed by atoms with Crippen molar-refractivity contribution in [3.8, 4) is 0 Å². The van der Waals surface area contributed by atoms with Crippen LogP contribution >= 0.6 is 0 Å². The van der Waals surface area contributed by atoms with Gasteiger partial charge in [0, 0.05) is 26.2 Å². The summed E-state index contributed by atoms with van der Waals surface area (Å²) in [6, 6.07) is 0. The van der Waals surface area contributed by atoms with Crippen LogP contribution in [0.2, 0.25) is 0 Å². The van der Waals surface area contributed by atoms with Crippen molar-refractivity contribution in [2.45, 2.75) is 46.6 Å². The van der Waals surface area contributed by atoms with Crippen LogP contribution in [-0.4, -0.2) is 11.2 Å². The first-order valence-electron chi connectivity index (χ1n) is 5.94. The first-order chi connectivity index (χ1) is 7.52. The fourth-order valence-corrected chi connectivity index (χ4v) is 2.49. The molecule has 0 unspecified atom stereocenters. The van der Waals surface area contributed by atoms with E-state index >= 15 is 0 Å². The Morgan fingerprint density at radius 1 is 0.889 bits per heavy atom. The molecule has 3 heteroatoms. The van der Waals surface area contributed by atoms with E-state index in [9.17, 15) is 5.11 Å². The fraction of sp³-hybridized carbons (Fsp3) is 0.467. The minimum Gasteiger partial charge on any atom is -1.00 e. The van der Waals surface area contributed by atoms with E-state index in [1.54, 1.807) is 0 Å². The van der Waals surface area contributed by atoms with Crippen molar-refractivity contribution in [1.82, 2.24) is 0 Å². The monoisotopic (exact) mass is 341 g/mol. The third-order valence-electron chi connectivity index (χ3n) is 4.06. The van der Waals surface area contributed by atoms with E-state index in [0.29, 0.717) is 0 Å². The topological polar surface area (TPSA) is 20.2 Å². The molecule has 0 aromatic rings. The Balaban J connectivity index is 0.00000144. The van der Waals surface area contributed by atoms with E-state index in [1.807, 2.05) is 0 Å². The van der Waals surface area contributed by atoms with Gasteiger partial charge in [-0.15, -0.1) is 0 Å². The van der Waals surface area contributed by atoms with Gasteiger partial charge in [-0.25, -0.2) is 0 Å². The average Bonchev–Trinajstić information content (AvgIpc) is 2.74. The summed E-state index contributed by atoms with van der Waals surface area (Å²) in [5.74, 6) is 0. The Bertz CT molecular complexity index is 413. The van der Waals surface area contributed by atoms with Gasteiger partial charge in [0.15, 0.2) is 0 Å². The van der Waals surface area contributed by atoms with Crippen LogP contribution in [0.25, 0.3) is 0 Å². The van der Waals surface area contributed by atoms with Crippen molar-refractivity contribution >= 4 is 0 Å². The summed E-state index contributed by atoms with van der Waals surface area (Å²) in [7, 11) is 0. The zero-order valence-corrected chi connectivity index (χ0v) is 14.7. The van der Waals surface area contributed by atoms with Crippen LogP contribution in [0.3, 0.4) is 0 Å². The van der Waals surface area contributed by atoms with Gasteiger partial charge < -0.3 is 17.5 Å². The number of allylic oxidation sites excluding steroid dienone is 6. The molecule has 0 fully saturated rings. The summed E-state index contributed by atoms with van der Waals surface area (Å²) >= 11 is 0. The molecule has 18 heavy (non-hydrogen) atoms. The van der Waals surface area contributed by atoms with Crippen molar-refractivity contribution < 1.29 is 43.7 Å². The largest absolute Gasteiger partial charge is 1.00 e. The molecule has 0 saturated heterocycles. The number of aliphatic hydroxyl groups is 1. The molecule has 1 nitrogen and oxygen atoms in total. The van der Waals surface area contributed by atoms with Gasteiger partial charge in [0.2, 0.25) is 0 Å². The van der Waals surface area contributed by atoms with Gasteiger partial charge in [-0.2, -0.15) is 0 Å². The number of hydrogen-bond donors (Lipinski definition) is 1. The molecule has 0 aromatic heterocycles. The summed E-state index contributed by atoms with van der Waals surface area (Å²) in [5, 5.41) is 10.4. The van der Waals surface area contributed by atoms with Crippen molar-refractivity contribution in [1.29, 1.82) is 0 Å². The average molecular weight is 343 g/mol. The first-order valence-corrected chi connectivity index (χ1v) is 5.94. The minimum atomic E-state index is -0.373. The summed E-state index contributed by atoms with van der Waals surface area (Å²) < 4.78 is 0. The van der Waals surface area contributed by atoms with Crippen LogP contribution < -0.4 is 12.4 Å². The van der Waals surface area contributed by atoms with Crippen LogP contribution in [0.1, 0.15) is 40.5 Å². The van der Waals surface area contributed by atoms with Crippen molar-refractivity contribution in [3.63, 3.8) is 0 Å². The van der Waals surface area contributed by atoms with Crippen LogP contribution in [0.15, 0.2) is 45.6 Å². The molecule has 1 N–H and O–H groups in total. The summed E-state index contributed by atoms with van der Waals surface area (Å²) in [6.07, 6.45) is 5.86. The van der Waals surface area contributed by atoms with Gasteiger partial charge in [0.1, 0.15) is 0 Å². The van der Waals surface area contributed by atoms with Crippen LogP contribution in [0.4, 0.5) is 0 Å². The van der Waals surface area contributed by atoms with Crippen molar-refractivity contribution in [2.75, 3.05) is 0 Å². The smallest absolute Gasteiger partial charge is 0.0978 e. The normalized spacial score (nSPS) is 18.8. The fourth-order valence-electron chi connectivity index (χ4n) is 2.49. The second-order valence-corrected chi connectivity index (χ2v) is 4.89. The Labute approximate surface area is 135 Å². The zero-order chi connectivity index (χ0) is 11.9. The quantitative estimate of drug-likeness (QED) is 0.782. The van der Waals surface area contributed by atoms with Crippen LogP contribution in [0.5, 0.6) is 0 Å². The molecule has 98 valence electrons. The molecule has 0 spiro atoms. The molecule has 0 aromatic carbocycles. The van der Waals surface area contributed by atoms with Gasteiger partial charge >= 0.3 is 0 Å². The molecule has 0 heterocycles. The minimum absolute atomic E-state index is 0. The van der Waals surface area contributed by atoms with E-state index in [2.05, 4.69) is 39.8 Å². The van der Waals surface area contributed by atoms with Gasteiger partial charge in [0.25, 0.3) is 0 Å². The molecule has 2 rings (SSSR count). The Kier molecular flexibility index (Phi) is 7.07. The third-order valence-corrected chi connectivity index (χ3v) is 4.06. The number of hydrogen-bond acceptors (Lipinski definition) is 1. The summed E-state index contributed by atoms with van der Waals surface area (Å²) in [4.78, 5) is 0. The van der Waals surface area contributed by atoms with Crippen molar-refractivity contribution in [3.05, 3.63) is 45.6 Å². The van der Waals surface area contributed by atoms with Gasteiger partial charge in [-0.05, 0) is 62.8 Å². The Morgan fingerprint density at radius 2 is 1.22 bits per heavy atom. The number of aliphatic hydroxyl groups excluding tert-OH is 1. The van der Waals surface area contributed by atoms with E-state index < -0.39 is 0 Å². The third kappa shape index (κ3) is 3.15. The molecular weight excluding hydrogens is 323 g/mol. The van der Waals surface area contributed by atoms with E-state index in [1.165, 1.54) is 33.4 Å². The van der Waals surface area contributed by atoms with Crippen LogP contribution in [-0.2, 0) is 26.2 Å². The molecular formula is C15H20ClOZr-. The van der Waals surface area contributed by atoms with Gasteiger partial charge in [0.05, 0.1) is 6.10 Å². The Morgan fingerprint density at radius 3 is 1.44 bits per heavy atom. The summed E-state index contributed by atoms with van der Waals surface area (Å²) in [5.41, 5.74) is 7.56. The second kappa shape index (κ2) is 7.03. The first kappa shape index (κ1) is 18.1. The maximum atomic E-state index is 10.4. The second-order valence-electron chi connectivity index (χ2n) is 4.89. The van der Waals surface area contributed by atoms with Gasteiger partial charge in [-0.1, -0.05) is 23.3 Å². The SMILES string of the molecule is CC1=CCC(C(O)C2=C(C)C(C)=CC2)=C1C.[Cl-].[Zr]. The molecule has 0 aliphatic heterocycles.